The Morgan fingerprint density at radius 3 is 2.46 bits per heavy atom. The molecule has 0 bridgehead atoms. The molecular formula is C23H21F6N3O3. The molecular weight excluding hydrogens is 480 g/mol. The molecule has 35 heavy (non-hydrogen) atoms. The zero-order chi connectivity index (χ0) is 25.8. The first-order chi connectivity index (χ1) is 16.4. The van der Waals surface area contributed by atoms with E-state index in [0.717, 1.165) is 6.07 Å². The Hall–Kier alpha value is -3.62. The second-order valence-electron chi connectivity index (χ2n) is 7.66. The molecule has 2 aromatic carbocycles. The number of aromatic nitrogens is 1. The number of alkyl halides is 6. The van der Waals surface area contributed by atoms with E-state index in [1.807, 2.05) is 6.92 Å². The average molecular weight is 501 g/mol. The molecule has 0 N–H and O–H groups in total. The van der Waals surface area contributed by atoms with E-state index in [0.29, 0.717) is 30.6 Å². The van der Waals surface area contributed by atoms with Gasteiger partial charge in [0, 0.05) is 25.2 Å². The van der Waals surface area contributed by atoms with Gasteiger partial charge in [0.2, 0.25) is 0 Å². The standard InChI is InChI=1S/C23H21F6N3O3/c1-3-5-15-18(9-7-16-20(15)35-31-21(16)22(24,25)26)33-11-4-10-32(2)17-8-6-14(13-30)12-19(17)34-23(27,28)29/h6-9,12H,3-5,10-11H2,1-2H3. The van der Waals surface area contributed by atoms with Crippen LogP contribution in [0.2, 0.25) is 0 Å². The maximum atomic E-state index is 13.1. The van der Waals surface area contributed by atoms with Gasteiger partial charge in [-0.1, -0.05) is 18.5 Å². The number of hydrogen-bond donors (Lipinski definition) is 0. The lowest BCUT2D eigenvalue weighted by Gasteiger charge is -2.23. The van der Waals surface area contributed by atoms with Crippen molar-refractivity contribution < 1.29 is 40.3 Å². The number of fused-ring (bicyclic) bond motifs is 1. The van der Waals surface area contributed by atoms with Crippen LogP contribution in [0, 0.1) is 11.3 Å². The Kier molecular flexibility index (Phi) is 7.67. The molecule has 0 saturated heterocycles. The van der Waals surface area contributed by atoms with Crippen molar-refractivity contribution in [1.82, 2.24) is 5.16 Å². The minimum atomic E-state index is -4.92. The largest absolute Gasteiger partial charge is 0.573 e. The molecule has 0 atom stereocenters. The fourth-order valence-electron chi connectivity index (χ4n) is 3.58. The number of nitrogens with zero attached hydrogens (tertiary/aromatic N) is 3. The van der Waals surface area contributed by atoms with Gasteiger partial charge in [0.05, 0.1) is 29.3 Å². The van der Waals surface area contributed by atoms with E-state index in [9.17, 15) is 26.3 Å². The van der Waals surface area contributed by atoms with Gasteiger partial charge < -0.3 is 18.9 Å². The summed E-state index contributed by atoms with van der Waals surface area (Å²) in [5.41, 5.74) is -0.465. The summed E-state index contributed by atoms with van der Waals surface area (Å²) in [6.45, 7) is 2.27. The van der Waals surface area contributed by atoms with Gasteiger partial charge >= 0.3 is 12.5 Å². The number of aryl methyl sites for hydroxylation is 1. The van der Waals surface area contributed by atoms with Crippen LogP contribution in [0.1, 0.15) is 36.6 Å². The molecule has 6 nitrogen and oxygen atoms in total. The van der Waals surface area contributed by atoms with Crippen molar-refractivity contribution in [1.29, 1.82) is 5.26 Å². The number of benzene rings is 2. The van der Waals surface area contributed by atoms with Gasteiger partial charge in [-0.25, -0.2) is 0 Å². The SMILES string of the molecule is CCCc1c(OCCCN(C)c2ccc(C#N)cc2OC(F)(F)F)ccc2c(C(F)(F)F)noc12. The monoisotopic (exact) mass is 501 g/mol. The molecule has 0 unspecified atom stereocenters. The van der Waals surface area contributed by atoms with E-state index in [-0.39, 0.29) is 35.4 Å². The quantitative estimate of drug-likeness (QED) is 0.247. The highest BCUT2D eigenvalue weighted by Gasteiger charge is 2.37. The van der Waals surface area contributed by atoms with Crippen molar-refractivity contribution >= 4 is 16.7 Å². The second-order valence-corrected chi connectivity index (χ2v) is 7.66. The summed E-state index contributed by atoms with van der Waals surface area (Å²) >= 11 is 0. The molecule has 1 heterocycles. The molecule has 3 rings (SSSR count). The van der Waals surface area contributed by atoms with Crippen LogP contribution in [0.15, 0.2) is 34.9 Å². The Labute approximate surface area is 196 Å². The van der Waals surface area contributed by atoms with Gasteiger partial charge in [0.1, 0.15) is 5.75 Å². The predicted molar refractivity (Wildman–Crippen MR) is 114 cm³/mol. The lowest BCUT2D eigenvalue weighted by Crippen LogP contribution is -2.24. The van der Waals surface area contributed by atoms with Crippen molar-refractivity contribution in [3.63, 3.8) is 0 Å². The summed E-state index contributed by atoms with van der Waals surface area (Å²) in [7, 11) is 1.56. The molecule has 0 aliphatic carbocycles. The summed E-state index contributed by atoms with van der Waals surface area (Å²) in [6, 6.07) is 8.19. The molecule has 0 fully saturated rings. The van der Waals surface area contributed by atoms with Crippen LogP contribution in [-0.2, 0) is 12.6 Å². The molecule has 12 heteroatoms. The van der Waals surface area contributed by atoms with E-state index < -0.39 is 24.0 Å². The van der Waals surface area contributed by atoms with Gasteiger partial charge in [0.25, 0.3) is 0 Å². The molecule has 0 aliphatic rings. The van der Waals surface area contributed by atoms with Gasteiger partial charge in [-0.15, -0.1) is 13.2 Å². The van der Waals surface area contributed by atoms with Crippen molar-refractivity contribution in [3.8, 4) is 17.6 Å². The maximum Gasteiger partial charge on any atom is 0.573 e. The van der Waals surface area contributed by atoms with E-state index in [2.05, 4.69) is 9.89 Å². The first kappa shape index (κ1) is 26.0. The number of halogens is 6. The van der Waals surface area contributed by atoms with Crippen LogP contribution in [0.25, 0.3) is 11.0 Å². The van der Waals surface area contributed by atoms with Crippen LogP contribution >= 0.6 is 0 Å². The van der Waals surface area contributed by atoms with Crippen molar-refractivity contribution in [2.45, 2.75) is 38.7 Å². The smallest absolute Gasteiger partial charge is 0.493 e. The Balaban J connectivity index is 1.71. The minimum Gasteiger partial charge on any atom is -0.493 e. The Bertz CT molecular complexity index is 1210. The summed E-state index contributed by atoms with van der Waals surface area (Å²) < 4.78 is 92.6. The van der Waals surface area contributed by atoms with Gasteiger partial charge in [-0.3, -0.25) is 0 Å². The van der Waals surface area contributed by atoms with Crippen LogP contribution in [0.3, 0.4) is 0 Å². The van der Waals surface area contributed by atoms with Crippen LogP contribution in [0.4, 0.5) is 32.0 Å². The van der Waals surface area contributed by atoms with E-state index in [4.69, 9.17) is 14.5 Å². The number of nitriles is 1. The minimum absolute atomic E-state index is 0.0142. The fraction of sp³-hybridized carbons (Fsp3) is 0.391. The van der Waals surface area contributed by atoms with Crippen molar-refractivity contribution in [3.05, 3.63) is 47.2 Å². The molecule has 1 aromatic heterocycles. The Morgan fingerprint density at radius 2 is 1.83 bits per heavy atom. The lowest BCUT2D eigenvalue weighted by atomic mass is 10.0. The van der Waals surface area contributed by atoms with Crippen LogP contribution in [0.5, 0.6) is 11.5 Å². The van der Waals surface area contributed by atoms with Crippen LogP contribution < -0.4 is 14.4 Å². The summed E-state index contributed by atoms with van der Waals surface area (Å²) in [5, 5.41) is 12.0. The number of rotatable bonds is 9. The number of ether oxygens (including phenoxy) is 2. The molecule has 3 aromatic rings. The van der Waals surface area contributed by atoms with Gasteiger partial charge in [-0.2, -0.15) is 18.4 Å². The predicted octanol–water partition coefficient (Wildman–Crippen LogP) is 6.47. The molecule has 0 aliphatic heterocycles. The Morgan fingerprint density at radius 1 is 1.09 bits per heavy atom. The summed E-state index contributed by atoms with van der Waals surface area (Å²) in [5.74, 6) is -0.146. The fourth-order valence-corrected chi connectivity index (χ4v) is 3.58. The third kappa shape index (κ3) is 6.29. The normalized spacial score (nSPS) is 12.0. The third-order valence-corrected chi connectivity index (χ3v) is 5.09. The topological polar surface area (TPSA) is 71.5 Å². The zero-order valence-electron chi connectivity index (χ0n) is 18.8. The van der Waals surface area contributed by atoms with E-state index in [1.54, 1.807) is 13.1 Å². The second kappa shape index (κ2) is 10.3. The number of hydrogen-bond acceptors (Lipinski definition) is 6. The highest BCUT2D eigenvalue weighted by atomic mass is 19.4. The molecule has 0 saturated carbocycles. The van der Waals surface area contributed by atoms with E-state index >= 15 is 0 Å². The van der Waals surface area contributed by atoms with Gasteiger partial charge in [0.15, 0.2) is 17.0 Å². The lowest BCUT2D eigenvalue weighted by molar-refractivity contribution is -0.274. The molecule has 0 amide bonds. The average Bonchev–Trinajstić information content (AvgIpc) is 3.21. The highest BCUT2D eigenvalue weighted by molar-refractivity contribution is 5.85. The zero-order valence-corrected chi connectivity index (χ0v) is 18.8. The summed E-state index contributed by atoms with van der Waals surface area (Å²) in [6.07, 6.45) is -8.17. The van der Waals surface area contributed by atoms with Gasteiger partial charge in [-0.05, 0) is 37.1 Å². The maximum absolute atomic E-state index is 13.1. The van der Waals surface area contributed by atoms with E-state index in [1.165, 1.54) is 29.2 Å². The first-order valence-electron chi connectivity index (χ1n) is 10.6. The number of anilines is 1. The molecule has 188 valence electrons. The van der Waals surface area contributed by atoms with Crippen molar-refractivity contribution in [2.75, 3.05) is 25.1 Å². The molecule has 0 radical (unpaired) electrons. The third-order valence-electron chi connectivity index (χ3n) is 5.09. The highest BCUT2D eigenvalue weighted by Crippen LogP contribution is 2.38. The molecule has 0 spiro atoms. The first-order valence-corrected chi connectivity index (χ1v) is 10.6. The summed E-state index contributed by atoms with van der Waals surface area (Å²) in [4.78, 5) is 1.52. The van der Waals surface area contributed by atoms with Crippen molar-refractivity contribution in [2.24, 2.45) is 0 Å². The van der Waals surface area contributed by atoms with Crippen LogP contribution in [-0.4, -0.2) is 31.7 Å².